The molecule has 0 radical (unpaired) electrons. The smallest absolute Gasteiger partial charge is 0.228 e. The molecular weight excluding hydrogens is 410 g/mol. The summed E-state index contributed by atoms with van der Waals surface area (Å²) in [5.41, 5.74) is 8.35. The molecule has 31 heavy (non-hydrogen) atoms. The number of aromatic nitrogens is 2. The quantitative estimate of drug-likeness (QED) is 0.531. The molecule has 0 bridgehead atoms. The van der Waals surface area contributed by atoms with Gasteiger partial charge in [0, 0.05) is 16.9 Å². The van der Waals surface area contributed by atoms with Gasteiger partial charge >= 0.3 is 0 Å². The van der Waals surface area contributed by atoms with Gasteiger partial charge in [0.15, 0.2) is 9.84 Å². The highest BCUT2D eigenvalue weighted by Crippen LogP contribution is 2.37. The van der Waals surface area contributed by atoms with Gasteiger partial charge in [-0.05, 0) is 61.1 Å². The number of carbonyl (C=O) groups is 1. The van der Waals surface area contributed by atoms with Crippen LogP contribution in [0.2, 0.25) is 0 Å². The SMILES string of the molecule is Cc1nn([C@@H]2CCS(=O)(=O)C2)c(C)c1CC(=O)Nc1ccc2c(c1)Cc1ccccc1-2. The summed E-state index contributed by atoms with van der Waals surface area (Å²) in [6, 6.07) is 14.3. The lowest BCUT2D eigenvalue weighted by molar-refractivity contribution is -0.115. The zero-order valence-electron chi connectivity index (χ0n) is 17.7. The van der Waals surface area contributed by atoms with Gasteiger partial charge in [-0.25, -0.2) is 8.42 Å². The Kier molecular flexibility index (Phi) is 4.73. The molecule has 6 nitrogen and oxygen atoms in total. The van der Waals surface area contributed by atoms with Gasteiger partial charge in [-0.15, -0.1) is 0 Å². The van der Waals surface area contributed by atoms with Crippen LogP contribution in [0.1, 0.15) is 40.5 Å². The number of amides is 1. The molecule has 3 aromatic rings. The summed E-state index contributed by atoms with van der Waals surface area (Å²) in [6.45, 7) is 3.79. The normalized spacial score (nSPS) is 18.6. The summed E-state index contributed by atoms with van der Waals surface area (Å²) in [5, 5.41) is 7.58. The first kappa shape index (κ1) is 20.0. The Morgan fingerprint density at radius 3 is 2.68 bits per heavy atom. The highest BCUT2D eigenvalue weighted by molar-refractivity contribution is 7.91. The Morgan fingerprint density at radius 2 is 1.90 bits per heavy atom. The Labute approximate surface area is 182 Å². The second-order valence-electron chi connectivity index (χ2n) is 8.58. The van der Waals surface area contributed by atoms with Gasteiger partial charge in [-0.1, -0.05) is 30.3 Å². The number of hydrogen-bond donors (Lipinski definition) is 1. The largest absolute Gasteiger partial charge is 0.326 e. The van der Waals surface area contributed by atoms with Gasteiger partial charge in [0.1, 0.15) is 0 Å². The third-order valence-electron chi connectivity index (χ3n) is 6.44. The third kappa shape index (κ3) is 3.67. The van der Waals surface area contributed by atoms with E-state index in [1.807, 2.05) is 19.9 Å². The lowest BCUT2D eigenvalue weighted by Crippen LogP contribution is -2.16. The maximum atomic E-state index is 12.8. The lowest BCUT2D eigenvalue weighted by atomic mass is 10.1. The minimum atomic E-state index is -2.99. The van der Waals surface area contributed by atoms with E-state index in [0.29, 0.717) is 6.42 Å². The number of sulfone groups is 1. The van der Waals surface area contributed by atoms with Crippen LogP contribution in [-0.2, 0) is 27.5 Å². The van der Waals surface area contributed by atoms with Crippen LogP contribution in [0.25, 0.3) is 11.1 Å². The Bertz CT molecular complexity index is 1310. The number of anilines is 1. The molecule has 2 aromatic carbocycles. The number of hydrogen-bond acceptors (Lipinski definition) is 4. The second kappa shape index (κ2) is 7.34. The molecule has 1 atom stereocenters. The third-order valence-corrected chi connectivity index (χ3v) is 8.19. The molecule has 160 valence electrons. The molecule has 1 amide bonds. The Balaban J connectivity index is 1.31. The first-order valence-corrected chi connectivity index (χ1v) is 12.4. The molecule has 5 rings (SSSR count). The molecule has 1 aliphatic heterocycles. The fourth-order valence-corrected chi connectivity index (χ4v) is 6.56. The highest BCUT2D eigenvalue weighted by Gasteiger charge is 2.31. The van der Waals surface area contributed by atoms with Crippen LogP contribution in [0.3, 0.4) is 0 Å². The van der Waals surface area contributed by atoms with Crippen molar-refractivity contribution in [3.05, 3.63) is 70.5 Å². The van der Waals surface area contributed by atoms with Crippen LogP contribution in [-0.4, -0.2) is 35.6 Å². The van der Waals surface area contributed by atoms with E-state index >= 15 is 0 Å². The van der Waals surface area contributed by atoms with Crippen LogP contribution < -0.4 is 5.32 Å². The van der Waals surface area contributed by atoms with Crippen LogP contribution in [0.4, 0.5) is 5.69 Å². The first-order valence-electron chi connectivity index (χ1n) is 10.6. The van der Waals surface area contributed by atoms with Gasteiger partial charge < -0.3 is 5.32 Å². The average Bonchev–Trinajstić information content (AvgIpc) is 3.36. The molecule has 2 heterocycles. The summed E-state index contributed by atoms with van der Waals surface area (Å²) in [7, 11) is -2.99. The summed E-state index contributed by atoms with van der Waals surface area (Å²) in [4.78, 5) is 12.8. The van der Waals surface area contributed by atoms with Gasteiger partial charge in [-0.3, -0.25) is 9.48 Å². The summed E-state index contributed by atoms with van der Waals surface area (Å²) >= 11 is 0. The van der Waals surface area contributed by atoms with Crippen LogP contribution in [0, 0.1) is 13.8 Å². The minimum Gasteiger partial charge on any atom is -0.326 e. The molecule has 0 saturated carbocycles. The van der Waals surface area contributed by atoms with Crippen molar-refractivity contribution in [2.45, 2.75) is 39.2 Å². The minimum absolute atomic E-state index is 0.0970. The van der Waals surface area contributed by atoms with Gasteiger partial charge in [-0.2, -0.15) is 5.10 Å². The summed E-state index contributed by atoms with van der Waals surface area (Å²) in [5.74, 6) is 0.229. The van der Waals surface area contributed by atoms with E-state index in [2.05, 4.69) is 46.8 Å². The van der Waals surface area contributed by atoms with E-state index in [1.165, 1.54) is 22.3 Å². The maximum absolute atomic E-state index is 12.8. The molecule has 1 N–H and O–H groups in total. The van der Waals surface area contributed by atoms with E-state index in [4.69, 9.17) is 0 Å². The van der Waals surface area contributed by atoms with Crippen molar-refractivity contribution in [1.29, 1.82) is 0 Å². The molecule has 1 fully saturated rings. The van der Waals surface area contributed by atoms with Crippen molar-refractivity contribution in [2.24, 2.45) is 0 Å². The number of aryl methyl sites for hydroxylation is 1. The van der Waals surface area contributed by atoms with Gasteiger partial charge in [0.05, 0.1) is 29.7 Å². The molecule has 2 aliphatic rings. The van der Waals surface area contributed by atoms with Crippen molar-refractivity contribution in [2.75, 3.05) is 16.8 Å². The molecule has 7 heteroatoms. The van der Waals surface area contributed by atoms with Crippen molar-refractivity contribution in [3.63, 3.8) is 0 Å². The fourth-order valence-electron chi connectivity index (χ4n) is 4.87. The van der Waals surface area contributed by atoms with Gasteiger partial charge in [0.25, 0.3) is 0 Å². The lowest BCUT2D eigenvalue weighted by Gasteiger charge is -2.12. The molecule has 0 spiro atoms. The number of fused-ring (bicyclic) bond motifs is 3. The Hall–Kier alpha value is -2.93. The van der Waals surface area contributed by atoms with Crippen LogP contribution in [0.15, 0.2) is 42.5 Å². The Morgan fingerprint density at radius 1 is 1.13 bits per heavy atom. The van der Waals surface area contributed by atoms with Crippen molar-refractivity contribution in [1.82, 2.24) is 9.78 Å². The van der Waals surface area contributed by atoms with E-state index < -0.39 is 9.84 Å². The second-order valence-corrected chi connectivity index (χ2v) is 10.8. The average molecular weight is 436 g/mol. The van der Waals surface area contributed by atoms with Crippen LogP contribution >= 0.6 is 0 Å². The predicted molar refractivity (Wildman–Crippen MR) is 121 cm³/mol. The topological polar surface area (TPSA) is 81.1 Å². The fraction of sp³-hybridized carbons (Fsp3) is 0.333. The van der Waals surface area contributed by atoms with Crippen molar-refractivity contribution in [3.8, 4) is 11.1 Å². The monoisotopic (exact) mass is 435 g/mol. The van der Waals surface area contributed by atoms with Crippen LogP contribution in [0.5, 0.6) is 0 Å². The number of benzene rings is 2. The van der Waals surface area contributed by atoms with Crippen molar-refractivity contribution < 1.29 is 13.2 Å². The van der Waals surface area contributed by atoms with E-state index in [1.54, 1.807) is 4.68 Å². The molecule has 1 aromatic heterocycles. The summed E-state index contributed by atoms with van der Waals surface area (Å²) < 4.78 is 25.5. The van der Waals surface area contributed by atoms with E-state index in [-0.39, 0.29) is 29.9 Å². The number of nitrogens with one attached hydrogen (secondary N) is 1. The number of rotatable bonds is 4. The first-order chi connectivity index (χ1) is 14.8. The molecule has 0 unspecified atom stereocenters. The molecule has 1 saturated heterocycles. The van der Waals surface area contributed by atoms with E-state index in [0.717, 1.165) is 29.1 Å². The highest BCUT2D eigenvalue weighted by atomic mass is 32.2. The van der Waals surface area contributed by atoms with Crippen molar-refractivity contribution >= 4 is 21.4 Å². The number of carbonyl (C=O) groups excluding carboxylic acids is 1. The maximum Gasteiger partial charge on any atom is 0.228 e. The zero-order chi connectivity index (χ0) is 21.8. The number of nitrogens with zero attached hydrogens (tertiary/aromatic N) is 2. The van der Waals surface area contributed by atoms with Gasteiger partial charge in [0.2, 0.25) is 5.91 Å². The van der Waals surface area contributed by atoms with E-state index in [9.17, 15) is 13.2 Å². The summed E-state index contributed by atoms with van der Waals surface area (Å²) in [6.07, 6.45) is 1.67. The predicted octanol–water partition coefficient (Wildman–Crippen LogP) is 3.61. The molecule has 1 aliphatic carbocycles. The standard InChI is InChI=1S/C24H25N3O3S/c1-15-23(16(2)27(26-15)20-9-10-31(29,30)14-20)13-24(28)25-19-7-8-22-18(12-19)11-17-5-3-4-6-21(17)22/h3-8,12,20H,9-11,13-14H2,1-2H3,(H,25,28)/t20-/m1/s1. The zero-order valence-corrected chi connectivity index (χ0v) is 18.5. The molecular formula is C24H25N3O3S.